The Morgan fingerprint density at radius 1 is 1.10 bits per heavy atom. The molecule has 0 aliphatic carbocycles. The molecule has 7 heteroatoms. The van der Waals surface area contributed by atoms with Gasteiger partial charge < -0.3 is 14.2 Å². The molecule has 0 bridgehead atoms. The minimum Gasteiger partial charge on any atom is -0.465 e. The van der Waals surface area contributed by atoms with Gasteiger partial charge in [-0.2, -0.15) is 4.98 Å². The minimum absolute atomic E-state index is 0.135. The first-order chi connectivity index (χ1) is 14.1. The van der Waals surface area contributed by atoms with Gasteiger partial charge in [0.15, 0.2) is 0 Å². The number of methoxy groups -OCH3 is 1. The van der Waals surface area contributed by atoms with Crippen molar-refractivity contribution in [3.8, 4) is 22.8 Å². The van der Waals surface area contributed by atoms with Crippen LogP contribution in [0.5, 0.6) is 0 Å². The van der Waals surface area contributed by atoms with Gasteiger partial charge >= 0.3 is 5.97 Å². The third-order valence-electron chi connectivity index (χ3n) is 5.20. The molecule has 3 aromatic rings. The van der Waals surface area contributed by atoms with Gasteiger partial charge in [0.05, 0.1) is 12.7 Å². The van der Waals surface area contributed by atoms with Crippen LogP contribution >= 0.6 is 0 Å². The molecule has 1 aromatic heterocycles. The molecule has 0 unspecified atom stereocenters. The Balaban J connectivity index is 1.58. The summed E-state index contributed by atoms with van der Waals surface area (Å²) in [4.78, 5) is 18.3. The number of aromatic nitrogens is 2. The van der Waals surface area contributed by atoms with E-state index < -0.39 is 11.8 Å². The topological polar surface area (TPSA) is 68.5 Å². The fourth-order valence-electron chi connectivity index (χ4n) is 3.67. The van der Waals surface area contributed by atoms with Crippen molar-refractivity contribution in [1.29, 1.82) is 0 Å². The first-order valence-corrected chi connectivity index (χ1v) is 9.65. The molecule has 0 amide bonds. The molecule has 29 heavy (non-hydrogen) atoms. The molecule has 1 fully saturated rings. The lowest BCUT2D eigenvalue weighted by atomic mass is 10.1. The third kappa shape index (κ3) is 3.85. The number of rotatable bonds is 4. The van der Waals surface area contributed by atoms with Gasteiger partial charge in [-0.05, 0) is 68.1 Å². The zero-order chi connectivity index (χ0) is 20.4. The smallest absolute Gasteiger partial charge is 0.340 e. The van der Waals surface area contributed by atoms with Crippen LogP contribution < -0.4 is 4.90 Å². The number of hydrogen-bond acceptors (Lipinski definition) is 6. The molecule has 4 rings (SSSR count). The van der Waals surface area contributed by atoms with Crippen LogP contribution in [0.25, 0.3) is 22.8 Å². The van der Waals surface area contributed by atoms with Crippen molar-refractivity contribution in [2.45, 2.75) is 26.2 Å². The Morgan fingerprint density at radius 2 is 1.86 bits per heavy atom. The van der Waals surface area contributed by atoms with Gasteiger partial charge in [-0.25, -0.2) is 9.18 Å². The number of carbonyl (C=O) groups excluding carboxylic acids is 1. The summed E-state index contributed by atoms with van der Waals surface area (Å²) < 4.78 is 24.1. The van der Waals surface area contributed by atoms with Crippen LogP contribution in [0.2, 0.25) is 0 Å². The van der Waals surface area contributed by atoms with E-state index in [2.05, 4.69) is 32.8 Å². The quantitative estimate of drug-likeness (QED) is 0.600. The van der Waals surface area contributed by atoms with Gasteiger partial charge in [0.2, 0.25) is 5.82 Å². The van der Waals surface area contributed by atoms with Gasteiger partial charge in [-0.15, -0.1) is 0 Å². The Labute approximate surface area is 168 Å². The molecule has 1 aliphatic rings. The highest BCUT2D eigenvalue weighted by Gasteiger charge is 2.18. The predicted octanol–water partition coefficient (Wildman–Crippen LogP) is 4.63. The molecule has 1 aliphatic heterocycles. The molecule has 0 N–H and O–H groups in total. The molecule has 2 aromatic carbocycles. The second-order valence-electron chi connectivity index (χ2n) is 7.16. The molecule has 0 atom stereocenters. The predicted molar refractivity (Wildman–Crippen MR) is 107 cm³/mol. The number of benzene rings is 2. The Hall–Kier alpha value is -3.22. The third-order valence-corrected chi connectivity index (χ3v) is 5.20. The number of piperidine rings is 1. The van der Waals surface area contributed by atoms with Crippen molar-refractivity contribution in [3.63, 3.8) is 0 Å². The van der Waals surface area contributed by atoms with Crippen molar-refractivity contribution in [1.82, 2.24) is 10.1 Å². The van der Waals surface area contributed by atoms with Gasteiger partial charge in [-0.3, -0.25) is 0 Å². The van der Waals surface area contributed by atoms with E-state index in [-0.39, 0.29) is 11.4 Å². The largest absolute Gasteiger partial charge is 0.465 e. The second-order valence-corrected chi connectivity index (χ2v) is 7.16. The van der Waals surface area contributed by atoms with E-state index in [1.54, 1.807) is 6.07 Å². The van der Waals surface area contributed by atoms with E-state index in [9.17, 15) is 9.18 Å². The van der Waals surface area contributed by atoms with E-state index >= 15 is 0 Å². The van der Waals surface area contributed by atoms with Crippen LogP contribution in [-0.2, 0) is 4.74 Å². The molecule has 150 valence electrons. The Bertz CT molecular complexity index is 1040. The lowest BCUT2D eigenvalue weighted by Crippen LogP contribution is -2.29. The fraction of sp³-hybridized carbons (Fsp3) is 0.318. The molecular weight excluding hydrogens is 373 g/mol. The van der Waals surface area contributed by atoms with Gasteiger partial charge in [0.1, 0.15) is 5.82 Å². The standard InChI is InChI=1S/C22H22FN3O3/c1-14-12-16(7-9-19(14)26-10-4-3-5-11-26)21-24-20(25-29-21)15-6-8-17(18(23)13-15)22(27)28-2/h6-9,12-13H,3-5,10-11H2,1-2H3. The number of nitrogens with zero attached hydrogens (tertiary/aromatic N) is 3. The summed E-state index contributed by atoms with van der Waals surface area (Å²) in [5.41, 5.74) is 3.48. The Kier molecular flexibility index (Phi) is 5.29. The monoisotopic (exact) mass is 395 g/mol. The molecule has 1 saturated heterocycles. The summed E-state index contributed by atoms with van der Waals surface area (Å²) in [5, 5.41) is 3.96. The van der Waals surface area contributed by atoms with Crippen LogP contribution in [0.3, 0.4) is 0 Å². The van der Waals surface area contributed by atoms with Crippen LogP contribution in [0.15, 0.2) is 40.9 Å². The van der Waals surface area contributed by atoms with Crippen molar-refractivity contribution in [2.75, 3.05) is 25.1 Å². The molecule has 2 heterocycles. The van der Waals surface area contributed by atoms with E-state index in [0.29, 0.717) is 11.5 Å². The lowest BCUT2D eigenvalue weighted by Gasteiger charge is -2.30. The van der Waals surface area contributed by atoms with Crippen LogP contribution in [-0.4, -0.2) is 36.3 Å². The van der Waals surface area contributed by atoms with Gasteiger partial charge in [0, 0.05) is 29.9 Å². The summed E-state index contributed by atoms with van der Waals surface area (Å²) in [6, 6.07) is 10.2. The van der Waals surface area contributed by atoms with Crippen molar-refractivity contribution in [2.24, 2.45) is 0 Å². The number of anilines is 1. The van der Waals surface area contributed by atoms with Crippen molar-refractivity contribution >= 4 is 11.7 Å². The highest BCUT2D eigenvalue weighted by molar-refractivity contribution is 5.90. The van der Waals surface area contributed by atoms with E-state index in [4.69, 9.17) is 4.52 Å². The van der Waals surface area contributed by atoms with E-state index in [0.717, 1.165) is 24.2 Å². The number of esters is 1. The highest BCUT2D eigenvalue weighted by Crippen LogP contribution is 2.29. The van der Waals surface area contributed by atoms with E-state index in [1.807, 2.05) is 12.1 Å². The molecule has 6 nitrogen and oxygen atoms in total. The maximum atomic E-state index is 14.2. The zero-order valence-corrected chi connectivity index (χ0v) is 16.4. The number of aryl methyl sites for hydroxylation is 1. The average Bonchev–Trinajstić information content (AvgIpc) is 3.24. The number of ether oxygens (including phenoxy) is 1. The summed E-state index contributed by atoms with van der Waals surface area (Å²) in [7, 11) is 1.21. The first kappa shape index (κ1) is 19.1. The summed E-state index contributed by atoms with van der Waals surface area (Å²) in [6.07, 6.45) is 3.73. The molecule has 0 radical (unpaired) electrons. The number of halogens is 1. The highest BCUT2D eigenvalue weighted by atomic mass is 19.1. The number of hydrogen-bond donors (Lipinski definition) is 0. The summed E-state index contributed by atoms with van der Waals surface area (Å²) >= 11 is 0. The van der Waals surface area contributed by atoms with Crippen molar-refractivity contribution < 1.29 is 18.4 Å². The fourth-order valence-corrected chi connectivity index (χ4v) is 3.67. The number of carbonyl (C=O) groups is 1. The van der Waals surface area contributed by atoms with Gasteiger partial charge in [0.25, 0.3) is 5.89 Å². The molecule has 0 saturated carbocycles. The maximum Gasteiger partial charge on any atom is 0.340 e. The van der Waals surface area contributed by atoms with Gasteiger partial charge in [-0.1, -0.05) is 5.16 Å². The maximum absolute atomic E-state index is 14.2. The van der Waals surface area contributed by atoms with E-state index in [1.165, 1.54) is 44.2 Å². The lowest BCUT2D eigenvalue weighted by molar-refractivity contribution is 0.0595. The van der Waals surface area contributed by atoms with Crippen LogP contribution in [0.4, 0.5) is 10.1 Å². The molecular formula is C22H22FN3O3. The van der Waals surface area contributed by atoms with Crippen LogP contribution in [0.1, 0.15) is 35.2 Å². The summed E-state index contributed by atoms with van der Waals surface area (Å²) in [6.45, 7) is 4.24. The van der Waals surface area contributed by atoms with Crippen molar-refractivity contribution in [3.05, 3.63) is 53.3 Å². The summed E-state index contributed by atoms with van der Waals surface area (Å²) in [5.74, 6) is -0.798. The Morgan fingerprint density at radius 3 is 2.55 bits per heavy atom. The zero-order valence-electron chi connectivity index (χ0n) is 16.4. The minimum atomic E-state index is -0.730. The normalized spacial score (nSPS) is 14.1. The van der Waals surface area contributed by atoms with Crippen LogP contribution in [0, 0.1) is 12.7 Å². The first-order valence-electron chi connectivity index (χ1n) is 9.65. The average molecular weight is 395 g/mol. The second kappa shape index (κ2) is 8.03. The molecule has 0 spiro atoms. The SMILES string of the molecule is COC(=O)c1ccc(-c2noc(-c3ccc(N4CCCCC4)c(C)c3)n2)cc1F.